The summed E-state index contributed by atoms with van der Waals surface area (Å²) in [6.45, 7) is 8.80. The van der Waals surface area contributed by atoms with E-state index >= 15 is 0 Å². The molecule has 0 N–H and O–H groups in total. The zero-order chi connectivity index (χ0) is 19.3. The summed E-state index contributed by atoms with van der Waals surface area (Å²) in [5.41, 5.74) is 1.43. The van der Waals surface area contributed by atoms with Crippen molar-refractivity contribution in [3.8, 4) is 0 Å². The molecule has 148 valence electrons. The molecule has 0 aromatic rings. The number of allylic oxidation sites excluding steroid dienone is 2. The first kappa shape index (κ1) is 21.3. The maximum atomic E-state index is 12.3. The lowest BCUT2D eigenvalue weighted by Gasteiger charge is -2.35. The molecule has 2 fully saturated rings. The molecule has 1 aliphatic carbocycles. The predicted molar refractivity (Wildman–Crippen MR) is 103 cm³/mol. The highest BCUT2D eigenvalue weighted by atomic mass is 32.2. The lowest BCUT2D eigenvalue weighted by atomic mass is 9.84. The Morgan fingerprint density at radius 2 is 2.00 bits per heavy atom. The summed E-state index contributed by atoms with van der Waals surface area (Å²) in [7, 11) is 1.75. The van der Waals surface area contributed by atoms with Crippen molar-refractivity contribution in [3.05, 3.63) is 11.6 Å². The minimum absolute atomic E-state index is 0.127. The molecule has 6 heteroatoms. The Morgan fingerprint density at radius 3 is 2.58 bits per heavy atom. The number of carbonyl (C=O) groups excluding carboxylic acids is 2. The Morgan fingerprint density at radius 1 is 1.27 bits per heavy atom. The van der Waals surface area contributed by atoms with Gasteiger partial charge in [0, 0.05) is 18.8 Å². The standard InChI is InChI=1S/C20H32O5S/c1-12(2)13(3)10-15-6-7-18(17(11-15)23-5)26-14(4)19(21)25-16-8-9-24-20(16)22/h10,12,14-18H,6-9,11H2,1-5H3/b13-10+/t14?,15?,16?,17-,18+/m1/s1. The van der Waals surface area contributed by atoms with Crippen molar-refractivity contribution < 1.29 is 23.8 Å². The SMILES string of the molecule is CO[C@@H]1CC(/C=C(\C)C(C)C)CC[C@@H]1SC(C)C(=O)OC1CCOC1=O. The Labute approximate surface area is 161 Å². The summed E-state index contributed by atoms with van der Waals surface area (Å²) >= 11 is 1.60. The van der Waals surface area contributed by atoms with Gasteiger partial charge in [-0.1, -0.05) is 25.5 Å². The number of hydrogen-bond donors (Lipinski definition) is 0. The monoisotopic (exact) mass is 384 g/mol. The van der Waals surface area contributed by atoms with Gasteiger partial charge >= 0.3 is 11.9 Å². The van der Waals surface area contributed by atoms with Crippen molar-refractivity contribution in [2.24, 2.45) is 11.8 Å². The third-order valence-corrected chi connectivity index (χ3v) is 6.83. The van der Waals surface area contributed by atoms with Crippen molar-refractivity contribution >= 4 is 23.7 Å². The van der Waals surface area contributed by atoms with Gasteiger partial charge in [-0.05, 0) is 44.9 Å². The number of rotatable bonds is 7. The highest BCUT2D eigenvalue weighted by Gasteiger charge is 2.35. The minimum Gasteiger partial charge on any atom is -0.463 e. The van der Waals surface area contributed by atoms with Crippen LogP contribution >= 0.6 is 11.8 Å². The van der Waals surface area contributed by atoms with Gasteiger partial charge < -0.3 is 14.2 Å². The second kappa shape index (κ2) is 9.79. The van der Waals surface area contributed by atoms with Crippen molar-refractivity contribution in [1.82, 2.24) is 0 Å². The van der Waals surface area contributed by atoms with Gasteiger partial charge in [0.05, 0.1) is 18.0 Å². The third-order valence-electron chi connectivity index (χ3n) is 5.34. The fourth-order valence-corrected chi connectivity index (χ4v) is 4.75. The number of ether oxygens (including phenoxy) is 3. The summed E-state index contributed by atoms with van der Waals surface area (Å²) in [5.74, 6) is 0.333. The van der Waals surface area contributed by atoms with Gasteiger partial charge in [-0.15, -0.1) is 11.8 Å². The summed E-state index contributed by atoms with van der Waals surface area (Å²) < 4.78 is 15.9. The van der Waals surface area contributed by atoms with E-state index in [1.54, 1.807) is 18.9 Å². The Balaban J connectivity index is 1.87. The normalized spacial score (nSPS) is 31.0. The summed E-state index contributed by atoms with van der Waals surface area (Å²) in [5, 5.41) is -0.0578. The van der Waals surface area contributed by atoms with Gasteiger partial charge in [-0.3, -0.25) is 4.79 Å². The molecule has 0 amide bonds. The molecule has 0 aromatic carbocycles. The summed E-state index contributed by atoms with van der Waals surface area (Å²) in [6.07, 6.45) is 5.34. The van der Waals surface area contributed by atoms with E-state index < -0.39 is 12.1 Å². The van der Waals surface area contributed by atoms with Crippen LogP contribution in [0.1, 0.15) is 53.4 Å². The second-order valence-electron chi connectivity index (χ2n) is 7.61. The van der Waals surface area contributed by atoms with Gasteiger partial charge in [0.1, 0.15) is 0 Å². The highest BCUT2D eigenvalue weighted by Crippen LogP contribution is 2.37. The zero-order valence-electron chi connectivity index (χ0n) is 16.5. The molecule has 5 nitrogen and oxygen atoms in total. The van der Waals surface area contributed by atoms with Crippen LogP contribution in [0.25, 0.3) is 0 Å². The molecule has 1 saturated carbocycles. The van der Waals surface area contributed by atoms with E-state index in [1.807, 2.05) is 6.92 Å². The van der Waals surface area contributed by atoms with Crippen LogP contribution in [0.15, 0.2) is 11.6 Å². The number of cyclic esters (lactones) is 1. The molecule has 1 heterocycles. The second-order valence-corrected chi connectivity index (χ2v) is 9.20. The molecule has 2 rings (SSSR count). The Bertz CT molecular complexity index is 530. The van der Waals surface area contributed by atoms with E-state index in [0.29, 0.717) is 24.9 Å². The maximum absolute atomic E-state index is 12.3. The van der Waals surface area contributed by atoms with Crippen LogP contribution in [-0.4, -0.2) is 48.4 Å². The Hall–Kier alpha value is -1.01. The van der Waals surface area contributed by atoms with Crippen LogP contribution in [0.3, 0.4) is 0 Å². The molecule has 2 aliphatic rings. The summed E-state index contributed by atoms with van der Waals surface area (Å²) in [4.78, 5) is 23.8. The lowest BCUT2D eigenvalue weighted by molar-refractivity contribution is -0.159. The van der Waals surface area contributed by atoms with Crippen molar-refractivity contribution in [3.63, 3.8) is 0 Å². The van der Waals surface area contributed by atoms with E-state index in [0.717, 1.165) is 19.3 Å². The smallest absolute Gasteiger partial charge is 0.347 e. The van der Waals surface area contributed by atoms with Crippen molar-refractivity contribution in [1.29, 1.82) is 0 Å². The molecule has 26 heavy (non-hydrogen) atoms. The molecule has 1 aliphatic heterocycles. The molecule has 0 spiro atoms. The summed E-state index contributed by atoms with van der Waals surface area (Å²) in [6, 6.07) is 0. The van der Waals surface area contributed by atoms with Gasteiger partial charge in [0.15, 0.2) is 0 Å². The van der Waals surface area contributed by atoms with Gasteiger partial charge in [0.25, 0.3) is 0 Å². The number of hydrogen-bond acceptors (Lipinski definition) is 6. The molecule has 0 aromatic heterocycles. The number of thioether (sulfide) groups is 1. The topological polar surface area (TPSA) is 61.8 Å². The predicted octanol–water partition coefficient (Wildman–Crippen LogP) is 3.75. The van der Waals surface area contributed by atoms with E-state index in [4.69, 9.17) is 14.2 Å². The van der Waals surface area contributed by atoms with E-state index in [9.17, 15) is 9.59 Å². The Kier molecular flexibility index (Phi) is 8.02. The largest absolute Gasteiger partial charge is 0.463 e. The van der Waals surface area contributed by atoms with E-state index in [2.05, 4.69) is 26.8 Å². The average Bonchev–Trinajstić information content (AvgIpc) is 3.00. The molecular formula is C20H32O5S. The zero-order valence-corrected chi connectivity index (χ0v) is 17.3. The van der Waals surface area contributed by atoms with Gasteiger partial charge in [0.2, 0.25) is 6.10 Å². The number of esters is 2. The highest BCUT2D eigenvalue weighted by molar-refractivity contribution is 8.01. The number of carbonyl (C=O) groups is 2. The van der Waals surface area contributed by atoms with Crippen molar-refractivity contribution in [2.75, 3.05) is 13.7 Å². The molecule has 5 atom stereocenters. The first-order valence-electron chi connectivity index (χ1n) is 9.55. The van der Waals surface area contributed by atoms with Crippen LogP contribution in [0.2, 0.25) is 0 Å². The van der Waals surface area contributed by atoms with Gasteiger partial charge in [-0.25, -0.2) is 4.79 Å². The molecule has 0 radical (unpaired) electrons. The molecule has 0 bridgehead atoms. The third kappa shape index (κ3) is 5.74. The van der Waals surface area contributed by atoms with E-state index in [-0.39, 0.29) is 22.6 Å². The van der Waals surface area contributed by atoms with Crippen molar-refractivity contribution in [2.45, 2.75) is 76.1 Å². The van der Waals surface area contributed by atoms with Gasteiger partial charge in [-0.2, -0.15) is 0 Å². The van der Waals surface area contributed by atoms with Crippen LogP contribution < -0.4 is 0 Å². The molecule has 1 saturated heterocycles. The minimum atomic E-state index is -0.733. The first-order chi connectivity index (χ1) is 12.3. The average molecular weight is 385 g/mol. The van der Waals surface area contributed by atoms with Crippen LogP contribution in [0, 0.1) is 11.8 Å². The number of methoxy groups -OCH3 is 1. The molecular weight excluding hydrogens is 352 g/mol. The quantitative estimate of drug-likeness (QED) is 0.492. The lowest BCUT2D eigenvalue weighted by Crippen LogP contribution is -2.36. The van der Waals surface area contributed by atoms with Crippen LogP contribution in [-0.2, 0) is 23.8 Å². The fourth-order valence-electron chi connectivity index (χ4n) is 3.39. The molecule has 3 unspecified atom stereocenters. The van der Waals surface area contributed by atoms with Crippen LogP contribution in [0.5, 0.6) is 0 Å². The fraction of sp³-hybridized carbons (Fsp3) is 0.800. The van der Waals surface area contributed by atoms with E-state index in [1.165, 1.54) is 5.57 Å². The first-order valence-corrected chi connectivity index (χ1v) is 10.5. The van der Waals surface area contributed by atoms with Crippen LogP contribution in [0.4, 0.5) is 0 Å². The maximum Gasteiger partial charge on any atom is 0.347 e.